The van der Waals surface area contributed by atoms with Gasteiger partial charge in [-0.25, -0.2) is 22.3 Å². The highest BCUT2D eigenvalue weighted by Gasteiger charge is 2.31. The molecule has 3 aliphatic rings. The average Bonchev–Trinajstić information content (AvgIpc) is 3.79. The van der Waals surface area contributed by atoms with Gasteiger partial charge in [0.2, 0.25) is 0 Å². The highest BCUT2D eigenvalue weighted by atomic mass is 35.5. The molecule has 2 aromatic heterocycles. The van der Waals surface area contributed by atoms with Crippen LogP contribution in [0.25, 0.3) is 16.6 Å². The highest BCUT2D eigenvalue weighted by Crippen LogP contribution is 2.43. The summed E-state index contributed by atoms with van der Waals surface area (Å²) >= 11 is 6.25. The Morgan fingerprint density at radius 2 is 1.70 bits per heavy atom. The van der Waals surface area contributed by atoms with E-state index in [1.54, 1.807) is 38.2 Å². The minimum absolute atomic E-state index is 0.0719. The van der Waals surface area contributed by atoms with Crippen molar-refractivity contribution in [3.05, 3.63) is 117 Å². The second-order valence-electron chi connectivity index (χ2n) is 19.5. The molecule has 1 aliphatic carbocycles. The van der Waals surface area contributed by atoms with Crippen LogP contribution in [0.4, 0.5) is 17.1 Å². The number of hydrogen-bond acceptors (Lipinski definition) is 13. The van der Waals surface area contributed by atoms with Crippen LogP contribution in [0, 0.1) is 21.4 Å². The summed E-state index contributed by atoms with van der Waals surface area (Å²) in [6.07, 6.45) is 6.41. The molecule has 2 saturated heterocycles. The molecule has 0 radical (unpaired) electrons. The van der Waals surface area contributed by atoms with E-state index in [1.807, 2.05) is 30.0 Å². The van der Waals surface area contributed by atoms with E-state index < -0.39 is 41.2 Å². The molecule has 5 aromatic rings. The summed E-state index contributed by atoms with van der Waals surface area (Å²) in [7, 11) is -7.30. The lowest BCUT2D eigenvalue weighted by molar-refractivity contribution is -0.384. The fourth-order valence-corrected chi connectivity index (χ4v) is 12.3. The van der Waals surface area contributed by atoms with Crippen molar-refractivity contribution < 1.29 is 31.9 Å². The topological polar surface area (TPSA) is 213 Å². The molecule has 3 N–H and O–H groups in total. The summed E-state index contributed by atoms with van der Waals surface area (Å²) in [5.41, 5.74) is 5.21. The van der Waals surface area contributed by atoms with E-state index >= 15 is 0 Å². The molecule has 372 valence electrons. The van der Waals surface area contributed by atoms with Gasteiger partial charge in [-0.2, -0.15) is 4.36 Å². The van der Waals surface area contributed by atoms with Gasteiger partial charge in [-0.3, -0.25) is 29.5 Å². The molecule has 3 aromatic carbocycles. The van der Waals surface area contributed by atoms with Crippen molar-refractivity contribution in [3.8, 4) is 11.5 Å². The molecule has 2 fully saturated rings. The van der Waals surface area contributed by atoms with Gasteiger partial charge in [0.25, 0.3) is 27.5 Å². The van der Waals surface area contributed by atoms with Gasteiger partial charge < -0.3 is 19.9 Å². The zero-order valence-corrected chi connectivity index (χ0v) is 42.5. The number of H-pyrrole nitrogens is 1. The van der Waals surface area contributed by atoms with Crippen molar-refractivity contribution in [2.24, 2.45) is 15.7 Å². The Morgan fingerprint density at radius 3 is 2.40 bits per heavy atom. The van der Waals surface area contributed by atoms with Crippen LogP contribution < -0.4 is 19.7 Å². The van der Waals surface area contributed by atoms with Crippen LogP contribution in [0.3, 0.4) is 0 Å². The SMILES string of the molecule is CC(C)C(=O)N=S1(=O)CCN(C[C@H](C)Nc2ccc(S(=O)(=O)NC(=O)c3ccc(N4CCN(CC5=C(c6ccc(Cl)cc6)CC(C)(C)CC5)CC4)cc3Oc3cnc4[nH]ccc4c3)cc2[N+](=O)[O-])CC1. The summed E-state index contributed by atoms with van der Waals surface area (Å²) in [6, 6.07) is 19.8. The summed E-state index contributed by atoms with van der Waals surface area (Å²) < 4.78 is 53.3. The molecule has 70 heavy (non-hydrogen) atoms. The Balaban J connectivity index is 0.965. The molecule has 0 saturated carbocycles. The molecule has 2 amide bonds. The zero-order chi connectivity index (χ0) is 50.0. The molecule has 0 unspecified atom stereocenters. The number of allylic oxidation sites excluding steroid dienone is 1. The fraction of sp³-hybridized carbons (Fsp3) is 0.420. The van der Waals surface area contributed by atoms with E-state index in [0.717, 1.165) is 61.1 Å². The van der Waals surface area contributed by atoms with E-state index in [-0.39, 0.29) is 51.8 Å². The third-order valence-electron chi connectivity index (χ3n) is 13.2. The van der Waals surface area contributed by atoms with E-state index in [9.17, 15) is 32.3 Å². The number of rotatable bonds is 15. The molecule has 1 atom stereocenters. The number of sulfonamides is 1. The lowest BCUT2D eigenvalue weighted by Crippen LogP contribution is -2.47. The summed E-state index contributed by atoms with van der Waals surface area (Å²) in [5, 5.41) is 16.9. The van der Waals surface area contributed by atoms with Gasteiger partial charge in [0.15, 0.2) is 0 Å². The third-order valence-corrected chi connectivity index (χ3v) is 16.9. The van der Waals surface area contributed by atoms with Gasteiger partial charge in [-0.15, -0.1) is 0 Å². The number of pyridine rings is 1. The molecule has 17 nitrogen and oxygen atoms in total. The number of carbonyl (C=O) groups is 2. The van der Waals surface area contributed by atoms with Crippen molar-refractivity contribution in [3.63, 3.8) is 0 Å². The number of aromatic amines is 1. The first-order valence-electron chi connectivity index (χ1n) is 23.5. The van der Waals surface area contributed by atoms with Crippen LogP contribution in [0.15, 0.2) is 100 Å². The van der Waals surface area contributed by atoms with Gasteiger partial charge in [0.1, 0.15) is 22.8 Å². The number of halogens is 1. The van der Waals surface area contributed by atoms with Gasteiger partial charge in [0, 0.05) is 110 Å². The molecular formula is C50H60ClN9O8S2. The average molecular weight is 1010 g/mol. The number of carbonyl (C=O) groups excluding carboxylic acids is 2. The molecule has 2 aliphatic heterocycles. The number of anilines is 2. The van der Waals surface area contributed by atoms with E-state index in [1.165, 1.54) is 41.1 Å². The highest BCUT2D eigenvalue weighted by molar-refractivity contribution is 7.94. The van der Waals surface area contributed by atoms with Crippen LogP contribution >= 0.6 is 11.6 Å². The van der Waals surface area contributed by atoms with Gasteiger partial charge in [-0.05, 0) is 91.3 Å². The van der Waals surface area contributed by atoms with E-state index in [2.05, 4.69) is 60.1 Å². The standard InChI is InChI=1S/C50H60ClN9O8S2/c1-33(2)48(61)55-69(65)24-22-58(23-25-69)31-34(3)54-44-13-11-41(28-45(44)60(63)64)70(66,67)56-49(62)42-12-10-39(27-46(42)68-40-26-36-15-17-52-47(36)53-30-40)59-20-18-57(19-21-59)32-37-14-16-50(4,5)29-43(37)35-6-8-38(51)9-7-35/h6-13,15,17,26-28,30,33-34,54H,14,16,18-25,29,31-32H2,1-5H3,(H,52,53)(H,56,62)/t34-/m0/s1. The van der Waals surface area contributed by atoms with Crippen LogP contribution in [0.5, 0.6) is 11.5 Å². The number of nitrogens with zero attached hydrogens (tertiary/aromatic N) is 6. The second-order valence-corrected chi connectivity index (χ2v) is 24.2. The number of amides is 2. The number of ether oxygens (including phenoxy) is 1. The Morgan fingerprint density at radius 1 is 0.971 bits per heavy atom. The lowest BCUT2D eigenvalue weighted by atomic mass is 9.72. The van der Waals surface area contributed by atoms with Crippen LogP contribution in [-0.4, -0.2) is 119 Å². The fourth-order valence-electron chi connectivity index (χ4n) is 9.17. The molecular weight excluding hydrogens is 954 g/mol. The maximum atomic E-state index is 14.1. The minimum atomic E-state index is -4.64. The number of nitro groups is 1. The zero-order valence-electron chi connectivity index (χ0n) is 40.1. The smallest absolute Gasteiger partial charge is 0.293 e. The van der Waals surface area contributed by atoms with Crippen LogP contribution in [0.1, 0.15) is 69.8 Å². The van der Waals surface area contributed by atoms with Crippen molar-refractivity contribution >= 4 is 76.8 Å². The van der Waals surface area contributed by atoms with Crippen molar-refractivity contribution in [2.45, 2.75) is 64.8 Å². The van der Waals surface area contributed by atoms with Crippen molar-refractivity contribution in [1.82, 2.24) is 24.5 Å². The summed E-state index contributed by atoms with van der Waals surface area (Å²) in [6.45, 7) is 15.0. The Kier molecular flexibility index (Phi) is 15.0. The van der Waals surface area contributed by atoms with E-state index in [4.69, 9.17) is 16.3 Å². The molecule has 0 spiro atoms. The number of piperazine rings is 1. The summed E-state index contributed by atoms with van der Waals surface area (Å²) in [4.78, 5) is 51.5. The number of nitrogens with one attached hydrogen (secondary N) is 3. The minimum Gasteiger partial charge on any atom is -0.455 e. The number of aromatic nitrogens is 2. The van der Waals surface area contributed by atoms with Gasteiger partial charge >= 0.3 is 0 Å². The second kappa shape index (κ2) is 20.8. The quantitative estimate of drug-likeness (QED) is 0.0663. The number of benzene rings is 3. The van der Waals surface area contributed by atoms with Gasteiger partial charge in [0.05, 0.1) is 31.3 Å². The predicted octanol–water partition coefficient (Wildman–Crippen LogP) is 8.59. The molecule has 20 heteroatoms. The largest absolute Gasteiger partial charge is 0.455 e. The van der Waals surface area contributed by atoms with Gasteiger partial charge in [-0.1, -0.05) is 57.0 Å². The molecule has 0 bridgehead atoms. The molecule has 8 rings (SSSR count). The van der Waals surface area contributed by atoms with E-state index in [0.29, 0.717) is 44.1 Å². The van der Waals surface area contributed by atoms with Crippen LogP contribution in [-0.2, 0) is 24.5 Å². The monoisotopic (exact) mass is 1010 g/mol. The first-order chi connectivity index (χ1) is 33.2. The Hall–Kier alpha value is -5.86. The maximum Gasteiger partial charge on any atom is 0.293 e. The Bertz CT molecular complexity index is 3050. The maximum absolute atomic E-state index is 14.1. The number of fused-ring (bicyclic) bond motifs is 1. The third kappa shape index (κ3) is 12.2. The van der Waals surface area contributed by atoms with Crippen LogP contribution in [0.2, 0.25) is 5.02 Å². The lowest BCUT2D eigenvalue weighted by Gasteiger charge is -2.39. The van der Waals surface area contributed by atoms with Crippen molar-refractivity contribution in [1.29, 1.82) is 0 Å². The first-order valence-corrected chi connectivity index (χ1v) is 27.2. The number of hydrogen-bond donors (Lipinski definition) is 3. The normalized spacial score (nSPS) is 18.1. The molecule has 4 heterocycles. The Labute approximate surface area is 414 Å². The summed E-state index contributed by atoms with van der Waals surface area (Å²) in [5.74, 6) is -0.818. The predicted molar refractivity (Wildman–Crippen MR) is 275 cm³/mol. The first kappa shape index (κ1) is 50.5. The van der Waals surface area contributed by atoms with Crippen molar-refractivity contribution in [2.75, 3.05) is 74.1 Å². The number of nitro benzene ring substituents is 1.